The van der Waals surface area contributed by atoms with Crippen molar-refractivity contribution < 1.29 is 0 Å². The zero-order valence-electron chi connectivity index (χ0n) is 13.5. The number of nitrogens with one attached hydrogen (secondary N) is 1. The first-order valence-corrected chi connectivity index (χ1v) is 9.03. The third-order valence-electron chi connectivity index (χ3n) is 5.25. The van der Waals surface area contributed by atoms with Crippen molar-refractivity contribution in [2.45, 2.75) is 65.1 Å². The second kappa shape index (κ2) is 7.06. The second-order valence-electron chi connectivity index (χ2n) is 6.31. The van der Waals surface area contributed by atoms with Gasteiger partial charge < -0.3 is 5.32 Å². The summed E-state index contributed by atoms with van der Waals surface area (Å²) < 4.78 is 0. The van der Waals surface area contributed by atoms with Crippen molar-refractivity contribution >= 4 is 11.3 Å². The molecule has 0 saturated carbocycles. The van der Waals surface area contributed by atoms with Crippen LogP contribution in [0.15, 0.2) is 17.5 Å². The van der Waals surface area contributed by atoms with E-state index in [9.17, 15) is 0 Å². The van der Waals surface area contributed by atoms with Gasteiger partial charge in [0, 0.05) is 36.1 Å². The van der Waals surface area contributed by atoms with E-state index in [1.54, 1.807) is 0 Å². The van der Waals surface area contributed by atoms with Crippen molar-refractivity contribution in [2.24, 2.45) is 5.92 Å². The predicted molar refractivity (Wildman–Crippen MR) is 89.3 cm³/mol. The second-order valence-corrected chi connectivity index (χ2v) is 7.34. The first-order valence-electron chi connectivity index (χ1n) is 8.15. The molecular formula is C17H30N2S. The fourth-order valence-corrected chi connectivity index (χ4v) is 4.07. The standard InChI is InChI=1S/C17H30N2S/c1-5-14(4)16-11-18-17(6-2,7-3)13-19(16)12-15-9-8-10-20-15/h8-10,14,16,18H,5-7,11-13H2,1-4H3. The lowest BCUT2D eigenvalue weighted by Gasteiger charge is -2.49. The molecule has 2 atom stereocenters. The SMILES string of the molecule is CCC(C)C1CNC(CC)(CC)CN1Cc1cccs1. The van der Waals surface area contributed by atoms with Crippen LogP contribution in [-0.2, 0) is 6.54 Å². The Morgan fingerprint density at radius 2 is 2.15 bits per heavy atom. The molecule has 1 aromatic heterocycles. The number of hydrogen-bond donors (Lipinski definition) is 1. The first-order chi connectivity index (χ1) is 9.64. The molecular weight excluding hydrogens is 264 g/mol. The molecule has 0 radical (unpaired) electrons. The highest BCUT2D eigenvalue weighted by Crippen LogP contribution is 2.28. The van der Waals surface area contributed by atoms with Gasteiger partial charge in [-0.15, -0.1) is 11.3 Å². The van der Waals surface area contributed by atoms with Gasteiger partial charge in [-0.25, -0.2) is 0 Å². The van der Waals surface area contributed by atoms with E-state index in [1.165, 1.54) is 30.7 Å². The molecule has 1 fully saturated rings. The van der Waals surface area contributed by atoms with Gasteiger partial charge in [0.25, 0.3) is 0 Å². The summed E-state index contributed by atoms with van der Waals surface area (Å²) in [7, 11) is 0. The van der Waals surface area contributed by atoms with Crippen LogP contribution in [0.1, 0.15) is 51.8 Å². The van der Waals surface area contributed by atoms with Gasteiger partial charge in [-0.05, 0) is 30.2 Å². The number of thiophene rings is 1. The lowest BCUT2D eigenvalue weighted by atomic mass is 9.85. The fraction of sp³-hybridized carbons (Fsp3) is 0.765. The Hall–Kier alpha value is -0.380. The van der Waals surface area contributed by atoms with Crippen LogP contribution in [0.2, 0.25) is 0 Å². The molecule has 2 unspecified atom stereocenters. The molecule has 1 N–H and O–H groups in total. The monoisotopic (exact) mass is 294 g/mol. The largest absolute Gasteiger partial charge is 0.308 e. The fourth-order valence-electron chi connectivity index (χ4n) is 3.34. The Morgan fingerprint density at radius 1 is 1.40 bits per heavy atom. The van der Waals surface area contributed by atoms with Crippen LogP contribution in [0.3, 0.4) is 0 Å². The zero-order chi connectivity index (χ0) is 14.6. The van der Waals surface area contributed by atoms with E-state index in [0.29, 0.717) is 11.6 Å². The Balaban J connectivity index is 2.14. The van der Waals surface area contributed by atoms with Gasteiger partial charge in [-0.1, -0.05) is 40.2 Å². The number of hydrogen-bond acceptors (Lipinski definition) is 3. The van der Waals surface area contributed by atoms with Crippen LogP contribution < -0.4 is 5.32 Å². The molecule has 0 aliphatic carbocycles. The predicted octanol–water partition coefficient (Wildman–Crippen LogP) is 4.13. The molecule has 114 valence electrons. The summed E-state index contributed by atoms with van der Waals surface area (Å²) in [6.07, 6.45) is 3.70. The van der Waals surface area contributed by atoms with Gasteiger partial charge in [0.05, 0.1) is 0 Å². The van der Waals surface area contributed by atoms with Gasteiger partial charge >= 0.3 is 0 Å². The topological polar surface area (TPSA) is 15.3 Å². The van der Waals surface area contributed by atoms with E-state index >= 15 is 0 Å². The quantitative estimate of drug-likeness (QED) is 0.849. The molecule has 0 aromatic carbocycles. The normalized spacial score (nSPS) is 24.7. The van der Waals surface area contributed by atoms with Crippen molar-refractivity contribution in [3.8, 4) is 0 Å². The third kappa shape index (κ3) is 3.44. The number of nitrogens with zero attached hydrogens (tertiary/aromatic N) is 1. The molecule has 1 aliphatic rings. The van der Waals surface area contributed by atoms with Gasteiger partial charge in [-0.2, -0.15) is 0 Å². The molecule has 2 rings (SSSR count). The third-order valence-corrected chi connectivity index (χ3v) is 6.12. The summed E-state index contributed by atoms with van der Waals surface area (Å²) >= 11 is 1.89. The summed E-state index contributed by atoms with van der Waals surface area (Å²) in [6, 6.07) is 5.13. The molecule has 1 aromatic rings. The van der Waals surface area contributed by atoms with Crippen LogP contribution in [0.5, 0.6) is 0 Å². The average Bonchev–Trinajstić information content (AvgIpc) is 2.99. The molecule has 20 heavy (non-hydrogen) atoms. The first kappa shape index (κ1) is 16.0. The van der Waals surface area contributed by atoms with E-state index in [0.717, 1.165) is 19.0 Å². The molecule has 2 heterocycles. The van der Waals surface area contributed by atoms with E-state index in [1.807, 2.05) is 11.3 Å². The van der Waals surface area contributed by atoms with Gasteiger partial charge in [0.15, 0.2) is 0 Å². The lowest BCUT2D eigenvalue weighted by molar-refractivity contribution is 0.0402. The molecule has 0 amide bonds. The highest BCUT2D eigenvalue weighted by molar-refractivity contribution is 7.09. The number of piperazine rings is 1. The van der Waals surface area contributed by atoms with E-state index in [4.69, 9.17) is 0 Å². The van der Waals surface area contributed by atoms with Crippen molar-refractivity contribution in [3.05, 3.63) is 22.4 Å². The van der Waals surface area contributed by atoms with Crippen LogP contribution in [-0.4, -0.2) is 29.6 Å². The van der Waals surface area contributed by atoms with E-state index < -0.39 is 0 Å². The van der Waals surface area contributed by atoms with Gasteiger partial charge in [0.1, 0.15) is 0 Å². The number of rotatable bonds is 6. The highest BCUT2D eigenvalue weighted by Gasteiger charge is 2.38. The van der Waals surface area contributed by atoms with Crippen LogP contribution >= 0.6 is 11.3 Å². The minimum atomic E-state index is 0.321. The van der Waals surface area contributed by atoms with Crippen LogP contribution in [0, 0.1) is 5.92 Å². The van der Waals surface area contributed by atoms with Crippen molar-refractivity contribution in [2.75, 3.05) is 13.1 Å². The minimum absolute atomic E-state index is 0.321. The highest BCUT2D eigenvalue weighted by atomic mass is 32.1. The van der Waals surface area contributed by atoms with Crippen molar-refractivity contribution in [1.82, 2.24) is 10.2 Å². The van der Waals surface area contributed by atoms with Crippen molar-refractivity contribution in [3.63, 3.8) is 0 Å². The van der Waals surface area contributed by atoms with Gasteiger partial charge in [0.2, 0.25) is 0 Å². The molecule has 0 bridgehead atoms. The Labute approximate surface area is 128 Å². The smallest absolute Gasteiger partial charge is 0.0332 e. The van der Waals surface area contributed by atoms with E-state index in [2.05, 4.69) is 55.4 Å². The molecule has 3 heteroatoms. The summed E-state index contributed by atoms with van der Waals surface area (Å²) in [5.74, 6) is 0.758. The Morgan fingerprint density at radius 3 is 2.70 bits per heavy atom. The Kier molecular flexibility index (Phi) is 5.65. The lowest BCUT2D eigenvalue weighted by Crippen LogP contribution is -2.64. The van der Waals surface area contributed by atoms with E-state index in [-0.39, 0.29) is 0 Å². The Bertz CT molecular complexity index is 384. The maximum Gasteiger partial charge on any atom is 0.0332 e. The zero-order valence-corrected chi connectivity index (χ0v) is 14.3. The molecule has 0 spiro atoms. The summed E-state index contributed by atoms with van der Waals surface area (Å²) in [5, 5.41) is 6.07. The average molecular weight is 295 g/mol. The molecule has 1 aliphatic heterocycles. The molecule has 1 saturated heterocycles. The maximum absolute atomic E-state index is 3.87. The van der Waals surface area contributed by atoms with Gasteiger partial charge in [-0.3, -0.25) is 4.90 Å². The van der Waals surface area contributed by atoms with Crippen LogP contribution in [0.4, 0.5) is 0 Å². The van der Waals surface area contributed by atoms with Crippen LogP contribution in [0.25, 0.3) is 0 Å². The van der Waals surface area contributed by atoms with Crippen molar-refractivity contribution in [1.29, 1.82) is 0 Å². The summed E-state index contributed by atoms with van der Waals surface area (Å²) in [4.78, 5) is 4.24. The summed E-state index contributed by atoms with van der Waals surface area (Å²) in [5.41, 5.74) is 0.321. The maximum atomic E-state index is 3.87. The summed E-state index contributed by atoms with van der Waals surface area (Å²) in [6.45, 7) is 12.8. The minimum Gasteiger partial charge on any atom is -0.308 e. The molecule has 2 nitrogen and oxygen atoms in total.